The van der Waals surface area contributed by atoms with E-state index in [4.69, 9.17) is 4.99 Å². The lowest BCUT2D eigenvalue weighted by Gasteiger charge is -2.36. The molecule has 2 aliphatic rings. The zero-order valence-electron chi connectivity index (χ0n) is 19.6. The van der Waals surface area contributed by atoms with Crippen molar-refractivity contribution >= 4 is 11.9 Å². The first-order chi connectivity index (χ1) is 15.1. The van der Waals surface area contributed by atoms with Gasteiger partial charge >= 0.3 is 0 Å². The summed E-state index contributed by atoms with van der Waals surface area (Å²) < 4.78 is 0. The summed E-state index contributed by atoms with van der Waals surface area (Å²) in [7, 11) is 3.71. The summed E-state index contributed by atoms with van der Waals surface area (Å²) in [6.07, 6.45) is 3.08. The summed E-state index contributed by atoms with van der Waals surface area (Å²) in [4.78, 5) is 26.2. The van der Waals surface area contributed by atoms with Crippen molar-refractivity contribution < 1.29 is 4.79 Å². The first-order valence-corrected chi connectivity index (χ1v) is 11.8. The van der Waals surface area contributed by atoms with Gasteiger partial charge in [-0.05, 0) is 38.3 Å². The van der Waals surface area contributed by atoms with Gasteiger partial charge in [0.2, 0.25) is 5.91 Å². The average molecular weight is 429 g/mol. The van der Waals surface area contributed by atoms with Crippen molar-refractivity contribution in [2.24, 2.45) is 4.99 Å². The van der Waals surface area contributed by atoms with Crippen molar-refractivity contribution in [3.8, 4) is 0 Å². The summed E-state index contributed by atoms with van der Waals surface area (Å²) in [5.41, 5.74) is 1.38. The Hall–Kier alpha value is -2.12. The molecule has 1 unspecified atom stereocenters. The average Bonchev–Trinajstić information content (AvgIpc) is 3.25. The number of aliphatic imine (C=N–C) groups is 1. The Labute approximate surface area is 188 Å². The van der Waals surface area contributed by atoms with Crippen LogP contribution in [0, 0.1) is 0 Å². The van der Waals surface area contributed by atoms with Crippen LogP contribution < -0.4 is 5.32 Å². The highest BCUT2D eigenvalue weighted by molar-refractivity contribution is 5.81. The predicted octanol–water partition coefficient (Wildman–Crippen LogP) is 1.71. The molecule has 1 aromatic carbocycles. The molecule has 0 aromatic heterocycles. The number of hydrogen-bond acceptors (Lipinski definition) is 4. The Kier molecular flexibility index (Phi) is 9.15. The fourth-order valence-corrected chi connectivity index (χ4v) is 4.52. The summed E-state index contributed by atoms with van der Waals surface area (Å²) in [6.45, 7) is 10.9. The van der Waals surface area contributed by atoms with E-state index in [2.05, 4.69) is 57.3 Å². The van der Waals surface area contributed by atoms with Gasteiger partial charge in [0.25, 0.3) is 0 Å². The number of likely N-dealkylation sites (N-methyl/N-ethyl adjacent to an activating group) is 1. The molecule has 7 heteroatoms. The molecule has 0 spiro atoms. The molecule has 0 saturated carbocycles. The molecule has 0 aliphatic carbocycles. The van der Waals surface area contributed by atoms with Gasteiger partial charge in [-0.25, -0.2) is 0 Å². The number of benzene rings is 1. The largest absolute Gasteiger partial charge is 0.357 e. The zero-order valence-corrected chi connectivity index (χ0v) is 19.6. The monoisotopic (exact) mass is 428 g/mol. The Balaban J connectivity index is 1.44. The Morgan fingerprint density at radius 2 is 1.87 bits per heavy atom. The van der Waals surface area contributed by atoms with E-state index in [1.54, 1.807) is 4.90 Å². The molecule has 0 radical (unpaired) electrons. The third kappa shape index (κ3) is 6.94. The van der Waals surface area contributed by atoms with Gasteiger partial charge in [-0.15, -0.1) is 0 Å². The summed E-state index contributed by atoms with van der Waals surface area (Å²) in [6, 6.07) is 10.8. The molecule has 1 amide bonds. The second-order valence-electron chi connectivity index (χ2n) is 8.76. The third-order valence-electron chi connectivity index (χ3n) is 6.21. The van der Waals surface area contributed by atoms with Crippen molar-refractivity contribution in [3.63, 3.8) is 0 Å². The minimum absolute atomic E-state index is 0.0601. The zero-order chi connectivity index (χ0) is 22.1. The molecule has 3 rings (SSSR count). The van der Waals surface area contributed by atoms with Crippen molar-refractivity contribution in [3.05, 3.63) is 35.9 Å². The van der Waals surface area contributed by atoms with Crippen LogP contribution >= 0.6 is 0 Å². The van der Waals surface area contributed by atoms with Crippen LogP contribution in [0.25, 0.3) is 0 Å². The second kappa shape index (κ2) is 12.1. The van der Waals surface area contributed by atoms with Gasteiger partial charge in [-0.3, -0.25) is 19.6 Å². The number of rotatable bonds is 8. The molecule has 7 nitrogen and oxygen atoms in total. The number of hydrogen-bond donors (Lipinski definition) is 1. The number of nitrogens with one attached hydrogen (secondary N) is 1. The van der Waals surface area contributed by atoms with Crippen molar-refractivity contribution in [2.45, 2.75) is 38.8 Å². The first kappa shape index (κ1) is 23.5. The number of guanidine groups is 1. The normalized spacial score (nSPS) is 20.8. The number of piperazine rings is 1. The lowest BCUT2D eigenvalue weighted by Crippen LogP contribution is -2.52. The highest BCUT2D eigenvalue weighted by Gasteiger charge is 2.31. The molecule has 2 fully saturated rings. The molecule has 1 aromatic rings. The Morgan fingerprint density at radius 3 is 2.55 bits per heavy atom. The Morgan fingerprint density at radius 1 is 1.13 bits per heavy atom. The van der Waals surface area contributed by atoms with Gasteiger partial charge in [0.1, 0.15) is 0 Å². The van der Waals surface area contributed by atoms with Crippen LogP contribution in [-0.4, -0.2) is 104 Å². The van der Waals surface area contributed by atoms with Gasteiger partial charge < -0.3 is 15.1 Å². The molecular formula is C24H40N6O. The maximum atomic E-state index is 12.4. The van der Waals surface area contributed by atoms with Crippen LogP contribution in [0.15, 0.2) is 35.3 Å². The fourth-order valence-electron chi connectivity index (χ4n) is 4.52. The van der Waals surface area contributed by atoms with Crippen LogP contribution in [0.1, 0.15) is 31.7 Å². The molecular weight excluding hydrogens is 388 g/mol. The van der Waals surface area contributed by atoms with Crippen molar-refractivity contribution in [2.75, 3.05) is 66.5 Å². The predicted molar refractivity (Wildman–Crippen MR) is 127 cm³/mol. The number of carbonyl (C=O) groups excluding carboxylic acids is 1. The highest BCUT2D eigenvalue weighted by atomic mass is 16.2. The number of nitrogens with zero attached hydrogens (tertiary/aromatic N) is 5. The van der Waals surface area contributed by atoms with Gasteiger partial charge in [0, 0.05) is 66.5 Å². The number of carbonyl (C=O) groups is 1. The Bertz CT molecular complexity index is 699. The minimum atomic E-state index is 0.0601. The SMILES string of the molecule is CCNC(=NCCCN1CCCC1C(=O)N(C)C)N1CCN(Cc2ccccc2)CC1. The first-order valence-electron chi connectivity index (χ1n) is 11.8. The van der Waals surface area contributed by atoms with Crippen LogP contribution in [0.3, 0.4) is 0 Å². The van der Waals surface area contributed by atoms with E-state index in [1.165, 1.54) is 5.56 Å². The van der Waals surface area contributed by atoms with E-state index in [1.807, 2.05) is 14.1 Å². The summed E-state index contributed by atoms with van der Waals surface area (Å²) >= 11 is 0. The smallest absolute Gasteiger partial charge is 0.239 e. The third-order valence-corrected chi connectivity index (χ3v) is 6.21. The number of likely N-dealkylation sites (tertiary alicyclic amines) is 1. The van der Waals surface area contributed by atoms with Gasteiger partial charge in [-0.1, -0.05) is 30.3 Å². The van der Waals surface area contributed by atoms with E-state index in [0.717, 1.165) is 84.1 Å². The van der Waals surface area contributed by atoms with Crippen LogP contribution in [0.2, 0.25) is 0 Å². The molecule has 172 valence electrons. The number of amides is 1. The van der Waals surface area contributed by atoms with Gasteiger partial charge in [-0.2, -0.15) is 0 Å². The standard InChI is InChI=1S/C24H40N6O/c1-4-25-24(26-13-9-15-29-14-8-12-22(29)23(31)27(2)3)30-18-16-28(17-19-30)20-21-10-6-5-7-11-21/h5-7,10-11,22H,4,8-9,12-20H2,1-3H3,(H,25,26). The molecule has 2 heterocycles. The van der Waals surface area contributed by atoms with Crippen LogP contribution in [-0.2, 0) is 11.3 Å². The van der Waals surface area contributed by atoms with E-state index in [9.17, 15) is 4.79 Å². The molecule has 31 heavy (non-hydrogen) atoms. The van der Waals surface area contributed by atoms with Crippen molar-refractivity contribution in [1.29, 1.82) is 0 Å². The molecule has 0 bridgehead atoms. The molecule has 2 saturated heterocycles. The van der Waals surface area contributed by atoms with Crippen molar-refractivity contribution in [1.82, 2.24) is 24.9 Å². The lowest BCUT2D eigenvalue weighted by molar-refractivity contribution is -0.133. The lowest BCUT2D eigenvalue weighted by atomic mass is 10.2. The van der Waals surface area contributed by atoms with Crippen LogP contribution in [0.5, 0.6) is 0 Å². The van der Waals surface area contributed by atoms with E-state index in [0.29, 0.717) is 0 Å². The maximum absolute atomic E-state index is 12.4. The second-order valence-corrected chi connectivity index (χ2v) is 8.76. The fraction of sp³-hybridized carbons (Fsp3) is 0.667. The van der Waals surface area contributed by atoms with E-state index in [-0.39, 0.29) is 11.9 Å². The van der Waals surface area contributed by atoms with E-state index < -0.39 is 0 Å². The van der Waals surface area contributed by atoms with E-state index >= 15 is 0 Å². The summed E-state index contributed by atoms with van der Waals surface area (Å²) in [5.74, 6) is 1.27. The maximum Gasteiger partial charge on any atom is 0.239 e. The highest BCUT2D eigenvalue weighted by Crippen LogP contribution is 2.19. The van der Waals surface area contributed by atoms with Gasteiger partial charge in [0.15, 0.2) is 5.96 Å². The molecule has 1 N–H and O–H groups in total. The van der Waals surface area contributed by atoms with Gasteiger partial charge in [0.05, 0.1) is 6.04 Å². The molecule has 1 atom stereocenters. The summed E-state index contributed by atoms with van der Waals surface area (Å²) in [5, 5.41) is 3.47. The van der Waals surface area contributed by atoms with Crippen LogP contribution in [0.4, 0.5) is 0 Å². The quantitative estimate of drug-likeness (QED) is 0.388. The molecule has 2 aliphatic heterocycles. The minimum Gasteiger partial charge on any atom is -0.357 e. The topological polar surface area (TPSA) is 54.4 Å².